The lowest BCUT2D eigenvalue weighted by molar-refractivity contribution is 0.204. The maximum Gasteiger partial charge on any atom is 0.133 e. The summed E-state index contributed by atoms with van der Waals surface area (Å²) in [5, 5.41) is 3.51. The summed E-state index contributed by atoms with van der Waals surface area (Å²) in [6.45, 7) is 13.4. The molecule has 4 heteroatoms. The Kier molecular flexibility index (Phi) is 8.31. The molecule has 0 aliphatic heterocycles. The lowest BCUT2D eigenvalue weighted by Gasteiger charge is -2.27. The van der Waals surface area contributed by atoms with Crippen molar-refractivity contribution in [3.05, 3.63) is 23.9 Å². The fourth-order valence-corrected chi connectivity index (χ4v) is 2.27. The van der Waals surface area contributed by atoms with E-state index in [0.717, 1.165) is 38.6 Å². The number of hydrogen-bond donors (Lipinski definition) is 1. The molecule has 120 valence electrons. The Balaban J connectivity index is 2.80. The van der Waals surface area contributed by atoms with E-state index in [2.05, 4.69) is 49.0 Å². The second-order valence-corrected chi connectivity index (χ2v) is 6.34. The molecule has 1 rings (SSSR count). The number of pyridine rings is 1. The summed E-state index contributed by atoms with van der Waals surface area (Å²) in [5.41, 5.74) is 1.26. The molecule has 0 unspecified atom stereocenters. The van der Waals surface area contributed by atoms with Crippen molar-refractivity contribution in [1.82, 2.24) is 10.3 Å². The molecule has 0 aromatic carbocycles. The zero-order chi connectivity index (χ0) is 15.7. The highest BCUT2D eigenvalue weighted by atomic mass is 16.5. The van der Waals surface area contributed by atoms with Gasteiger partial charge in [-0.15, -0.1) is 0 Å². The maximum absolute atomic E-state index is 5.24. The molecule has 0 atom stereocenters. The van der Waals surface area contributed by atoms with Crippen LogP contribution in [0, 0.1) is 11.8 Å². The number of nitrogens with zero attached hydrogens (tertiary/aromatic N) is 2. The Bertz CT molecular complexity index is 393. The van der Waals surface area contributed by atoms with Crippen molar-refractivity contribution in [2.45, 2.75) is 34.2 Å². The van der Waals surface area contributed by atoms with E-state index >= 15 is 0 Å². The number of anilines is 1. The van der Waals surface area contributed by atoms with Crippen molar-refractivity contribution < 1.29 is 4.74 Å². The van der Waals surface area contributed by atoms with Crippen LogP contribution in [0.15, 0.2) is 18.3 Å². The van der Waals surface area contributed by atoms with Crippen LogP contribution in [-0.2, 0) is 11.3 Å². The average Bonchev–Trinajstić information content (AvgIpc) is 2.43. The van der Waals surface area contributed by atoms with Gasteiger partial charge in [0, 0.05) is 38.5 Å². The smallest absolute Gasteiger partial charge is 0.133 e. The Labute approximate surface area is 129 Å². The minimum absolute atomic E-state index is 0.598. The van der Waals surface area contributed by atoms with Crippen molar-refractivity contribution >= 4 is 5.82 Å². The molecule has 0 radical (unpaired) electrons. The predicted molar refractivity (Wildman–Crippen MR) is 89.7 cm³/mol. The van der Waals surface area contributed by atoms with Gasteiger partial charge in [0.1, 0.15) is 5.82 Å². The molecule has 0 bridgehead atoms. The van der Waals surface area contributed by atoms with Gasteiger partial charge in [0.15, 0.2) is 0 Å². The molecule has 1 heterocycles. The van der Waals surface area contributed by atoms with E-state index in [1.54, 1.807) is 7.11 Å². The van der Waals surface area contributed by atoms with Gasteiger partial charge in [0.25, 0.3) is 0 Å². The van der Waals surface area contributed by atoms with E-state index in [-0.39, 0.29) is 0 Å². The topological polar surface area (TPSA) is 37.4 Å². The average molecular weight is 293 g/mol. The van der Waals surface area contributed by atoms with E-state index in [1.165, 1.54) is 5.56 Å². The van der Waals surface area contributed by atoms with Crippen molar-refractivity contribution in [3.8, 4) is 0 Å². The van der Waals surface area contributed by atoms with Gasteiger partial charge < -0.3 is 15.0 Å². The van der Waals surface area contributed by atoms with Gasteiger partial charge in [-0.25, -0.2) is 4.98 Å². The molecule has 1 aromatic rings. The number of hydrogen-bond acceptors (Lipinski definition) is 4. The molecule has 0 spiro atoms. The third-order valence-electron chi connectivity index (χ3n) is 3.19. The van der Waals surface area contributed by atoms with E-state index in [0.29, 0.717) is 11.8 Å². The minimum atomic E-state index is 0.598. The Morgan fingerprint density at radius 2 is 2.00 bits per heavy atom. The highest BCUT2D eigenvalue weighted by molar-refractivity contribution is 5.46. The van der Waals surface area contributed by atoms with Crippen molar-refractivity contribution in [3.63, 3.8) is 0 Å². The summed E-state index contributed by atoms with van der Waals surface area (Å²) >= 11 is 0. The number of nitrogens with one attached hydrogen (secondary N) is 1. The Morgan fingerprint density at radius 1 is 1.24 bits per heavy atom. The van der Waals surface area contributed by atoms with Gasteiger partial charge in [-0.2, -0.15) is 0 Å². The van der Waals surface area contributed by atoms with E-state index in [9.17, 15) is 0 Å². The van der Waals surface area contributed by atoms with Gasteiger partial charge in [0.2, 0.25) is 0 Å². The largest absolute Gasteiger partial charge is 0.383 e. The van der Waals surface area contributed by atoms with Gasteiger partial charge in [0.05, 0.1) is 6.61 Å². The summed E-state index contributed by atoms with van der Waals surface area (Å²) in [6.07, 6.45) is 1.88. The second kappa shape index (κ2) is 9.74. The van der Waals surface area contributed by atoms with Crippen molar-refractivity contribution in [2.24, 2.45) is 11.8 Å². The molecule has 0 amide bonds. The molecule has 0 saturated heterocycles. The fourth-order valence-electron chi connectivity index (χ4n) is 2.27. The highest BCUT2D eigenvalue weighted by Crippen LogP contribution is 2.18. The van der Waals surface area contributed by atoms with E-state index < -0.39 is 0 Å². The van der Waals surface area contributed by atoms with Crippen LogP contribution in [0.25, 0.3) is 0 Å². The molecular weight excluding hydrogens is 262 g/mol. The van der Waals surface area contributed by atoms with E-state index in [4.69, 9.17) is 4.74 Å². The summed E-state index contributed by atoms with van der Waals surface area (Å²) in [5.74, 6) is 2.34. The van der Waals surface area contributed by atoms with Crippen LogP contribution in [0.2, 0.25) is 0 Å². The summed E-state index contributed by atoms with van der Waals surface area (Å²) in [4.78, 5) is 6.95. The fraction of sp³-hybridized carbons (Fsp3) is 0.706. The number of ether oxygens (including phenoxy) is 1. The SMILES string of the molecule is COCCN(CC(C)C)c1ncccc1CNCC(C)C. The molecule has 0 saturated carbocycles. The first-order valence-corrected chi connectivity index (χ1v) is 7.93. The Hall–Kier alpha value is -1.13. The van der Waals surface area contributed by atoms with E-state index in [1.807, 2.05) is 12.3 Å². The van der Waals surface area contributed by atoms with Gasteiger partial charge >= 0.3 is 0 Å². The first kappa shape index (κ1) is 17.9. The van der Waals surface area contributed by atoms with Crippen LogP contribution in [0.1, 0.15) is 33.3 Å². The van der Waals surface area contributed by atoms with Crippen molar-refractivity contribution in [1.29, 1.82) is 0 Å². The van der Waals surface area contributed by atoms with Crippen LogP contribution in [0.3, 0.4) is 0 Å². The zero-order valence-electron chi connectivity index (χ0n) is 14.2. The normalized spacial score (nSPS) is 11.4. The lowest BCUT2D eigenvalue weighted by Crippen LogP contribution is -2.33. The van der Waals surface area contributed by atoms with Crippen molar-refractivity contribution in [2.75, 3.05) is 38.3 Å². The molecule has 0 fully saturated rings. The summed E-state index contributed by atoms with van der Waals surface area (Å²) in [6, 6.07) is 4.18. The van der Waals surface area contributed by atoms with Crippen LogP contribution < -0.4 is 10.2 Å². The Morgan fingerprint density at radius 3 is 2.62 bits per heavy atom. The molecule has 1 aromatic heterocycles. The van der Waals surface area contributed by atoms with Crippen LogP contribution in [0.4, 0.5) is 5.82 Å². The van der Waals surface area contributed by atoms with Crippen LogP contribution >= 0.6 is 0 Å². The first-order valence-electron chi connectivity index (χ1n) is 7.93. The number of aromatic nitrogens is 1. The van der Waals surface area contributed by atoms with Crippen LogP contribution in [-0.4, -0.2) is 38.3 Å². The molecule has 0 aliphatic rings. The monoisotopic (exact) mass is 293 g/mol. The second-order valence-electron chi connectivity index (χ2n) is 6.34. The molecule has 4 nitrogen and oxygen atoms in total. The minimum Gasteiger partial charge on any atom is -0.383 e. The third-order valence-corrected chi connectivity index (χ3v) is 3.19. The molecule has 0 aliphatic carbocycles. The molecule has 1 N–H and O–H groups in total. The van der Waals surface area contributed by atoms with Gasteiger partial charge in [-0.1, -0.05) is 33.8 Å². The molecule has 21 heavy (non-hydrogen) atoms. The lowest BCUT2D eigenvalue weighted by atomic mass is 10.1. The summed E-state index contributed by atoms with van der Waals surface area (Å²) in [7, 11) is 1.75. The number of rotatable bonds is 10. The first-order chi connectivity index (χ1) is 10.0. The predicted octanol–water partition coefficient (Wildman–Crippen LogP) is 2.94. The summed E-state index contributed by atoms with van der Waals surface area (Å²) < 4.78 is 5.24. The quantitative estimate of drug-likeness (QED) is 0.720. The maximum atomic E-state index is 5.24. The third kappa shape index (κ3) is 6.91. The standard InChI is InChI=1S/C17H31N3O/c1-14(2)11-18-12-16-7-6-8-19-17(16)20(9-10-21-5)13-15(3)4/h6-8,14-15,18H,9-13H2,1-5H3. The van der Waals surface area contributed by atoms with Gasteiger partial charge in [-0.3, -0.25) is 0 Å². The highest BCUT2D eigenvalue weighted by Gasteiger charge is 2.13. The number of methoxy groups -OCH3 is 1. The van der Waals surface area contributed by atoms with Crippen LogP contribution in [0.5, 0.6) is 0 Å². The van der Waals surface area contributed by atoms with Gasteiger partial charge in [-0.05, 0) is 24.4 Å². The zero-order valence-corrected chi connectivity index (χ0v) is 14.2. The molecular formula is C17H31N3O.